The van der Waals surface area contributed by atoms with Crippen molar-refractivity contribution >= 4 is 11.8 Å². The van der Waals surface area contributed by atoms with Crippen LogP contribution in [-0.4, -0.2) is 59.9 Å². The molecule has 0 unspecified atom stereocenters. The number of aromatic nitrogens is 1. The monoisotopic (exact) mass is 395 g/mol. The van der Waals surface area contributed by atoms with Crippen LogP contribution in [-0.2, 0) is 11.3 Å². The van der Waals surface area contributed by atoms with Gasteiger partial charge in [-0.3, -0.25) is 14.6 Å². The number of rotatable bonds is 4. The van der Waals surface area contributed by atoms with Gasteiger partial charge in [-0.2, -0.15) is 0 Å². The third kappa shape index (κ3) is 4.34. The first-order valence-corrected chi connectivity index (χ1v) is 9.94. The third-order valence-corrected chi connectivity index (χ3v) is 5.44. The highest BCUT2D eigenvalue weighted by atomic mass is 16.6. The molecule has 0 atom stereocenters. The van der Waals surface area contributed by atoms with Gasteiger partial charge in [0.05, 0.1) is 5.56 Å². The van der Waals surface area contributed by atoms with Crippen molar-refractivity contribution < 1.29 is 19.1 Å². The number of fused-ring (bicyclic) bond motifs is 1. The fourth-order valence-electron chi connectivity index (χ4n) is 3.85. The lowest BCUT2D eigenvalue weighted by Gasteiger charge is -2.33. The predicted molar refractivity (Wildman–Crippen MR) is 107 cm³/mol. The number of carbonyl (C=O) groups is 2. The molecule has 2 amide bonds. The summed E-state index contributed by atoms with van der Waals surface area (Å²) in [7, 11) is 1.83. The molecule has 2 aliphatic rings. The summed E-state index contributed by atoms with van der Waals surface area (Å²) in [5, 5.41) is 0. The first-order valence-electron chi connectivity index (χ1n) is 9.94. The number of carbonyl (C=O) groups excluding carboxylic acids is 2. The van der Waals surface area contributed by atoms with Crippen LogP contribution in [0.4, 0.5) is 0 Å². The Labute approximate surface area is 170 Å². The number of amides is 2. The lowest BCUT2D eigenvalue weighted by atomic mass is 9.94. The maximum Gasteiger partial charge on any atom is 0.255 e. The van der Waals surface area contributed by atoms with Crippen molar-refractivity contribution in [3.05, 3.63) is 53.9 Å². The number of likely N-dealkylation sites (tertiary alicyclic amines) is 1. The van der Waals surface area contributed by atoms with Crippen LogP contribution in [0.25, 0.3) is 0 Å². The molecule has 2 aliphatic heterocycles. The van der Waals surface area contributed by atoms with Crippen molar-refractivity contribution in [2.45, 2.75) is 19.4 Å². The van der Waals surface area contributed by atoms with E-state index in [4.69, 9.17) is 9.47 Å². The normalized spacial score (nSPS) is 16.4. The Kier molecular flexibility index (Phi) is 5.64. The Balaban J connectivity index is 1.31. The molecular formula is C22H25N3O4. The van der Waals surface area contributed by atoms with E-state index in [-0.39, 0.29) is 17.7 Å². The van der Waals surface area contributed by atoms with Crippen LogP contribution in [0.3, 0.4) is 0 Å². The van der Waals surface area contributed by atoms with Gasteiger partial charge in [-0.1, -0.05) is 6.07 Å². The van der Waals surface area contributed by atoms with Crippen molar-refractivity contribution in [2.24, 2.45) is 5.92 Å². The van der Waals surface area contributed by atoms with Crippen molar-refractivity contribution in [2.75, 3.05) is 33.4 Å². The zero-order valence-corrected chi connectivity index (χ0v) is 16.5. The van der Waals surface area contributed by atoms with Crippen molar-refractivity contribution in [1.29, 1.82) is 0 Å². The van der Waals surface area contributed by atoms with Crippen LogP contribution in [0.1, 0.15) is 28.8 Å². The fourth-order valence-corrected chi connectivity index (χ4v) is 3.85. The molecule has 0 bridgehead atoms. The summed E-state index contributed by atoms with van der Waals surface area (Å²) in [6.45, 7) is 2.79. The van der Waals surface area contributed by atoms with Gasteiger partial charge in [-0.15, -0.1) is 0 Å². The molecule has 0 saturated carbocycles. The molecule has 7 heteroatoms. The predicted octanol–water partition coefficient (Wildman–Crippen LogP) is 2.36. The molecule has 1 aromatic carbocycles. The first kappa shape index (κ1) is 19.2. The van der Waals surface area contributed by atoms with Crippen LogP contribution >= 0.6 is 0 Å². The molecule has 0 aliphatic carbocycles. The Morgan fingerprint density at radius 2 is 1.90 bits per heavy atom. The summed E-state index contributed by atoms with van der Waals surface area (Å²) in [6, 6.07) is 9.33. The molecule has 7 nitrogen and oxygen atoms in total. The summed E-state index contributed by atoms with van der Waals surface area (Å²) in [5.41, 5.74) is 1.60. The van der Waals surface area contributed by atoms with E-state index in [0.29, 0.717) is 51.3 Å². The number of nitrogens with zero attached hydrogens (tertiary/aromatic N) is 3. The van der Waals surface area contributed by atoms with Crippen LogP contribution in [0.5, 0.6) is 11.5 Å². The lowest BCUT2D eigenvalue weighted by Crippen LogP contribution is -2.43. The molecular weight excluding hydrogens is 370 g/mol. The zero-order chi connectivity index (χ0) is 20.2. The summed E-state index contributed by atoms with van der Waals surface area (Å²) in [4.78, 5) is 33.0. The van der Waals surface area contributed by atoms with Gasteiger partial charge >= 0.3 is 0 Å². The van der Waals surface area contributed by atoms with Crippen LogP contribution in [0, 0.1) is 5.92 Å². The first-order chi connectivity index (χ1) is 14.1. The van der Waals surface area contributed by atoms with Crippen LogP contribution < -0.4 is 9.47 Å². The largest absolute Gasteiger partial charge is 0.486 e. The quantitative estimate of drug-likeness (QED) is 0.795. The minimum atomic E-state index is -0.0600. The van der Waals surface area contributed by atoms with Crippen LogP contribution in [0.15, 0.2) is 42.7 Å². The van der Waals surface area contributed by atoms with Crippen molar-refractivity contribution in [3.63, 3.8) is 0 Å². The molecule has 29 heavy (non-hydrogen) atoms. The highest BCUT2D eigenvalue weighted by Crippen LogP contribution is 2.31. The molecule has 1 fully saturated rings. The molecule has 0 N–H and O–H groups in total. The Morgan fingerprint density at radius 3 is 2.62 bits per heavy atom. The van der Waals surface area contributed by atoms with E-state index >= 15 is 0 Å². The lowest BCUT2D eigenvalue weighted by molar-refractivity contribution is -0.136. The fraction of sp³-hybridized carbons (Fsp3) is 0.409. The number of hydrogen-bond donors (Lipinski definition) is 0. The van der Waals surface area contributed by atoms with Gasteiger partial charge in [0.25, 0.3) is 5.91 Å². The topological polar surface area (TPSA) is 72.0 Å². The van der Waals surface area contributed by atoms with Gasteiger partial charge in [0, 0.05) is 45.0 Å². The van der Waals surface area contributed by atoms with Gasteiger partial charge in [0.2, 0.25) is 5.91 Å². The summed E-state index contributed by atoms with van der Waals surface area (Å²) >= 11 is 0. The summed E-state index contributed by atoms with van der Waals surface area (Å²) in [6.07, 6.45) is 4.59. The van der Waals surface area contributed by atoms with Gasteiger partial charge in [-0.05, 0) is 42.7 Å². The molecule has 4 rings (SSSR count). The second-order valence-electron chi connectivity index (χ2n) is 7.48. The molecule has 152 valence electrons. The highest BCUT2D eigenvalue weighted by Gasteiger charge is 2.29. The summed E-state index contributed by atoms with van der Waals surface area (Å²) in [5.74, 6) is 1.52. The van der Waals surface area contributed by atoms with E-state index in [0.717, 1.165) is 17.1 Å². The van der Waals surface area contributed by atoms with Gasteiger partial charge < -0.3 is 19.3 Å². The standard InChI is InChI=1S/C22H25N3O4/c1-24(15-16-4-5-19-20(13-16)29-12-11-28-19)21(26)17-6-9-25(10-7-17)22(27)18-3-2-8-23-14-18/h2-5,8,13-14,17H,6-7,9-12,15H2,1H3. The third-order valence-electron chi connectivity index (χ3n) is 5.44. The minimum Gasteiger partial charge on any atom is -0.486 e. The number of ether oxygens (including phenoxy) is 2. The van der Waals surface area contributed by atoms with E-state index in [1.165, 1.54) is 0 Å². The molecule has 2 aromatic rings. The average Bonchev–Trinajstić information content (AvgIpc) is 2.78. The smallest absolute Gasteiger partial charge is 0.255 e. The molecule has 0 spiro atoms. The Morgan fingerprint density at radius 1 is 1.14 bits per heavy atom. The molecule has 1 saturated heterocycles. The van der Waals surface area contributed by atoms with Gasteiger partial charge in [-0.25, -0.2) is 0 Å². The number of benzene rings is 1. The van der Waals surface area contributed by atoms with Crippen molar-refractivity contribution in [3.8, 4) is 11.5 Å². The molecule has 3 heterocycles. The van der Waals surface area contributed by atoms with E-state index in [9.17, 15) is 9.59 Å². The van der Waals surface area contributed by atoms with E-state index in [1.54, 1.807) is 29.4 Å². The van der Waals surface area contributed by atoms with Crippen LogP contribution in [0.2, 0.25) is 0 Å². The maximum absolute atomic E-state index is 12.9. The number of pyridine rings is 1. The zero-order valence-electron chi connectivity index (χ0n) is 16.5. The number of piperidine rings is 1. The molecule has 1 aromatic heterocycles. The van der Waals surface area contributed by atoms with Gasteiger partial charge in [0.1, 0.15) is 13.2 Å². The second-order valence-corrected chi connectivity index (χ2v) is 7.48. The van der Waals surface area contributed by atoms with E-state index in [2.05, 4.69) is 4.98 Å². The average molecular weight is 395 g/mol. The Bertz CT molecular complexity index is 879. The molecule has 0 radical (unpaired) electrons. The van der Waals surface area contributed by atoms with E-state index in [1.807, 2.05) is 30.1 Å². The highest BCUT2D eigenvalue weighted by molar-refractivity contribution is 5.94. The van der Waals surface area contributed by atoms with Crippen molar-refractivity contribution in [1.82, 2.24) is 14.8 Å². The maximum atomic E-state index is 12.9. The number of hydrogen-bond acceptors (Lipinski definition) is 5. The van der Waals surface area contributed by atoms with Gasteiger partial charge in [0.15, 0.2) is 11.5 Å². The summed E-state index contributed by atoms with van der Waals surface area (Å²) < 4.78 is 11.2. The SMILES string of the molecule is CN(Cc1ccc2c(c1)OCCO2)C(=O)C1CCN(C(=O)c2cccnc2)CC1. The Hall–Kier alpha value is -3.09. The minimum absolute atomic E-state index is 0.0198. The second kappa shape index (κ2) is 8.51. The van der Waals surface area contributed by atoms with E-state index < -0.39 is 0 Å².